The highest BCUT2D eigenvalue weighted by atomic mass is 16.0. The van der Waals surface area contributed by atoms with Crippen LogP contribution in [0.5, 0.6) is 0 Å². The van der Waals surface area contributed by atoms with Crippen LogP contribution in [0.3, 0.4) is 0 Å². The second-order valence-electron chi connectivity index (χ2n) is 3.99. The van der Waals surface area contributed by atoms with Gasteiger partial charge in [-0.1, -0.05) is 6.92 Å². The van der Waals surface area contributed by atoms with Gasteiger partial charge in [-0.25, -0.2) is 4.57 Å². The van der Waals surface area contributed by atoms with Gasteiger partial charge in [0.05, 0.1) is 0 Å². The van der Waals surface area contributed by atoms with Crippen LogP contribution in [0.15, 0.2) is 24.5 Å². The lowest BCUT2D eigenvalue weighted by atomic mass is 10.3. The third-order valence-electron chi connectivity index (χ3n) is 2.83. The summed E-state index contributed by atoms with van der Waals surface area (Å²) in [5.74, 6) is 0. The largest absolute Gasteiger partial charge is 0.870 e. The first kappa shape index (κ1) is 14.9. The van der Waals surface area contributed by atoms with Gasteiger partial charge in [-0.3, -0.25) is 0 Å². The summed E-state index contributed by atoms with van der Waals surface area (Å²) >= 11 is 0. The molecule has 0 amide bonds. The Bertz CT molecular complexity index is 282. The van der Waals surface area contributed by atoms with Gasteiger partial charge >= 0.3 is 0 Å². The van der Waals surface area contributed by atoms with Gasteiger partial charge < -0.3 is 15.9 Å². The predicted octanol–water partition coefficient (Wildman–Crippen LogP) is 0.983. The molecule has 1 aliphatic rings. The van der Waals surface area contributed by atoms with Gasteiger partial charge in [0.15, 0.2) is 12.4 Å². The van der Waals surface area contributed by atoms with Gasteiger partial charge in [0, 0.05) is 37.3 Å². The highest BCUT2D eigenvalue weighted by Gasteiger charge is 2.12. The predicted molar refractivity (Wildman–Crippen MR) is 63.9 cm³/mol. The topological polar surface area (TPSA) is 68.6 Å². The zero-order valence-corrected chi connectivity index (χ0v) is 9.89. The smallest absolute Gasteiger partial charge is 0.170 e. The maximum atomic E-state index is 2.47. The molecule has 0 aromatic carbocycles. The molecule has 1 saturated heterocycles. The fraction of sp³-hybridized carbons (Fsp3) is 0.583. The Hall–Kier alpha value is -1.13. The van der Waals surface area contributed by atoms with Crippen molar-refractivity contribution in [3.05, 3.63) is 24.5 Å². The fourth-order valence-electron chi connectivity index (χ4n) is 2.04. The van der Waals surface area contributed by atoms with Crippen LogP contribution in [0.25, 0.3) is 0 Å². The fourth-order valence-corrected chi connectivity index (χ4v) is 2.04. The van der Waals surface area contributed by atoms with Gasteiger partial charge in [0.2, 0.25) is 0 Å². The molecular formula is C12H22N2O2. The minimum Gasteiger partial charge on any atom is -0.870 e. The monoisotopic (exact) mass is 226 g/mol. The molecule has 4 nitrogen and oxygen atoms in total. The molecule has 0 aliphatic carbocycles. The number of nitrogens with zero attached hydrogens (tertiary/aromatic N) is 2. The van der Waals surface area contributed by atoms with Crippen LogP contribution >= 0.6 is 0 Å². The van der Waals surface area contributed by atoms with Crippen LogP contribution in [-0.4, -0.2) is 24.0 Å². The van der Waals surface area contributed by atoms with E-state index in [1.165, 1.54) is 38.0 Å². The quantitative estimate of drug-likeness (QED) is 0.721. The highest BCUT2D eigenvalue weighted by Crippen LogP contribution is 2.17. The van der Waals surface area contributed by atoms with Gasteiger partial charge in [0.1, 0.15) is 6.54 Å². The first-order valence-electron chi connectivity index (χ1n) is 5.64. The van der Waals surface area contributed by atoms with E-state index >= 15 is 0 Å². The van der Waals surface area contributed by atoms with Crippen LogP contribution in [0.1, 0.15) is 26.2 Å². The molecule has 0 radical (unpaired) electrons. The molecule has 0 atom stereocenters. The van der Waals surface area contributed by atoms with Crippen molar-refractivity contribution < 1.29 is 15.5 Å². The average Bonchev–Trinajstić information content (AvgIpc) is 2.72. The molecule has 3 N–H and O–H groups in total. The minimum absolute atomic E-state index is 0. The Kier molecular flexibility index (Phi) is 6.69. The summed E-state index contributed by atoms with van der Waals surface area (Å²) < 4.78 is 2.25. The number of hydrogen-bond acceptors (Lipinski definition) is 2. The zero-order chi connectivity index (χ0) is 9.80. The van der Waals surface area contributed by atoms with Crippen molar-refractivity contribution in [3.8, 4) is 0 Å². The van der Waals surface area contributed by atoms with Crippen molar-refractivity contribution in [2.24, 2.45) is 0 Å². The van der Waals surface area contributed by atoms with Crippen LogP contribution < -0.4 is 9.47 Å². The van der Waals surface area contributed by atoms with E-state index in [2.05, 4.69) is 40.9 Å². The highest BCUT2D eigenvalue weighted by molar-refractivity contribution is 5.44. The third kappa shape index (κ3) is 3.47. The number of anilines is 1. The molecule has 16 heavy (non-hydrogen) atoms. The van der Waals surface area contributed by atoms with Crippen LogP contribution in [-0.2, 0) is 6.54 Å². The minimum atomic E-state index is 0. The van der Waals surface area contributed by atoms with E-state index in [0.717, 1.165) is 6.54 Å². The number of aromatic nitrogens is 1. The molecule has 0 unspecified atom stereocenters. The number of pyridine rings is 1. The molecule has 1 aromatic rings. The summed E-state index contributed by atoms with van der Waals surface area (Å²) in [5.41, 5.74) is 1.38. The van der Waals surface area contributed by atoms with Gasteiger partial charge in [0.25, 0.3) is 0 Å². The average molecular weight is 226 g/mol. The Morgan fingerprint density at radius 1 is 1.19 bits per heavy atom. The Balaban J connectivity index is 0.00000112. The molecule has 0 spiro atoms. The molecular weight excluding hydrogens is 204 g/mol. The third-order valence-corrected chi connectivity index (χ3v) is 2.83. The second kappa shape index (κ2) is 7.19. The van der Waals surface area contributed by atoms with Crippen LogP contribution in [0.2, 0.25) is 0 Å². The van der Waals surface area contributed by atoms with Crippen molar-refractivity contribution >= 4 is 5.69 Å². The van der Waals surface area contributed by atoms with E-state index in [9.17, 15) is 0 Å². The Morgan fingerprint density at radius 3 is 2.25 bits per heavy atom. The SMILES string of the molecule is CCC[n+]1ccc(N2CCCC2)cc1.O.[OH-]. The summed E-state index contributed by atoms with van der Waals surface area (Å²) in [6, 6.07) is 4.47. The van der Waals surface area contributed by atoms with Gasteiger partial charge in [-0.15, -0.1) is 0 Å². The maximum Gasteiger partial charge on any atom is 0.170 e. The molecule has 1 fully saturated rings. The molecule has 92 valence electrons. The van der Waals surface area contributed by atoms with E-state index in [1.54, 1.807) is 0 Å². The van der Waals surface area contributed by atoms with E-state index in [0.29, 0.717) is 0 Å². The summed E-state index contributed by atoms with van der Waals surface area (Å²) in [5, 5.41) is 0. The Labute approximate surface area is 97.1 Å². The van der Waals surface area contributed by atoms with Crippen molar-refractivity contribution in [3.63, 3.8) is 0 Å². The summed E-state index contributed by atoms with van der Waals surface area (Å²) in [7, 11) is 0. The van der Waals surface area contributed by atoms with E-state index in [4.69, 9.17) is 0 Å². The molecule has 1 aliphatic heterocycles. The first-order valence-corrected chi connectivity index (χ1v) is 5.64. The molecule has 1 aromatic heterocycles. The molecule has 0 bridgehead atoms. The number of rotatable bonds is 3. The van der Waals surface area contributed by atoms with Crippen molar-refractivity contribution in [2.45, 2.75) is 32.7 Å². The second-order valence-corrected chi connectivity index (χ2v) is 3.99. The maximum absolute atomic E-state index is 2.47. The molecule has 2 rings (SSSR count). The molecule has 4 heteroatoms. The van der Waals surface area contributed by atoms with Crippen molar-refractivity contribution in [2.75, 3.05) is 18.0 Å². The van der Waals surface area contributed by atoms with E-state index in [1.807, 2.05) is 0 Å². The van der Waals surface area contributed by atoms with Crippen molar-refractivity contribution in [1.29, 1.82) is 0 Å². The summed E-state index contributed by atoms with van der Waals surface area (Å²) in [6.07, 6.45) is 8.29. The van der Waals surface area contributed by atoms with E-state index < -0.39 is 0 Å². The first-order chi connectivity index (χ1) is 6.90. The summed E-state index contributed by atoms with van der Waals surface area (Å²) in [6.45, 7) is 5.80. The van der Waals surface area contributed by atoms with Crippen LogP contribution in [0.4, 0.5) is 5.69 Å². The number of aryl methyl sites for hydroxylation is 1. The van der Waals surface area contributed by atoms with Crippen molar-refractivity contribution in [1.82, 2.24) is 0 Å². The Morgan fingerprint density at radius 2 is 1.75 bits per heavy atom. The van der Waals surface area contributed by atoms with Crippen LogP contribution in [0, 0.1) is 0 Å². The normalized spacial score (nSPS) is 14.2. The van der Waals surface area contributed by atoms with E-state index in [-0.39, 0.29) is 11.0 Å². The standard InChI is InChI=1S/C12H19N2.2H2O/c1-2-7-13-10-5-12(6-11-13)14-8-3-4-9-14;;/h5-6,10-11H,2-4,7-9H2,1H3;2*1H2/q+1;;/p-1. The van der Waals surface area contributed by atoms with Gasteiger partial charge in [-0.05, 0) is 12.8 Å². The lowest BCUT2D eigenvalue weighted by molar-refractivity contribution is -0.696. The lowest BCUT2D eigenvalue weighted by Crippen LogP contribution is -2.32. The summed E-state index contributed by atoms with van der Waals surface area (Å²) in [4.78, 5) is 2.47. The lowest BCUT2D eigenvalue weighted by Gasteiger charge is -2.16. The molecule has 2 heterocycles. The zero-order valence-electron chi connectivity index (χ0n) is 9.89. The molecule has 0 saturated carbocycles. The number of hydrogen-bond donors (Lipinski definition) is 0. The van der Waals surface area contributed by atoms with Gasteiger partial charge in [-0.2, -0.15) is 0 Å².